The molecule has 1 heterocycles. The van der Waals surface area contributed by atoms with E-state index in [9.17, 15) is 15.0 Å². The number of carbonyl (C=O) groups is 1. The van der Waals surface area contributed by atoms with Crippen molar-refractivity contribution < 1.29 is 15.0 Å². The van der Waals surface area contributed by atoms with Gasteiger partial charge in [-0.15, -0.1) is 0 Å². The fourth-order valence-electron chi connectivity index (χ4n) is 1.95. The largest absolute Gasteiger partial charge is 0.508 e. The molecule has 1 amide bonds. The molecule has 0 saturated carbocycles. The van der Waals surface area contributed by atoms with Crippen LogP contribution in [0, 0.1) is 0 Å². The van der Waals surface area contributed by atoms with E-state index in [1.165, 1.54) is 18.2 Å². The highest BCUT2D eigenvalue weighted by atomic mass is 16.3. The number of likely N-dealkylation sites (tertiary alicyclic amines) is 1. The number of rotatable bonds is 2. The third-order valence-electron chi connectivity index (χ3n) is 3.21. The molecule has 92 valence electrons. The Bertz CT molecular complexity index is 453. The van der Waals surface area contributed by atoms with Gasteiger partial charge in [0.05, 0.1) is 11.1 Å². The van der Waals surface area contributed by atoms with Gasteiger partial charge in [-0.05, 0) is 24.6 Å². The molecule has 0 unspecified atom stereocenters. The van der Waals surface area contributed by atoms with Gasteiger partial charge in [0.25, 0.3) is 5.91 Å². The summed E-state index contributed by atoms with van der Waals surface area (Å²) >= 11 is 0. The average Bonchev–Trinajstić information content (AvgIpc) is 2.27. The lowest BCUT2D eigenvalue weighted by Crippen LogP contribution is -2.68. The Labute approximate surface area is 99.5 Å². The van der Waals surface area contributed by atoms with Crippen molar-refractivity contribution in [2.75, 3.05) is 13.1 Å². The van der Waals surface area contributed by atoms with E-state index in [4.69, 9.17) is 5.73 Å². The molecule has 1 aromatic rings. The zero-order chi connectivity index (χ0) is 12.6. The molecule has 1 aromatic carbocycles. The lowest BCUT2D eigenvalue weighted by molar-refractivity contribution is 0.0398. The summed E-state index contributed by atoms with van der Waals surface area (Å²) in [5.74, 6) is -0.465. The van der Waals surface area contributed by atoms with Crippen molar-refractivity contribution in [1.82, 2.24) is 4.90 Å². The second kappa shape index (κ2) is 3.92. The highest BCUT2D eigenvalue weighted by Crippen LogP contribution is 2.28. The summed E-state index contributed by atoms with van der Waals surface area (Å²) in [6, 6.07) is 3.90. The lowest BCUT2D eigenvalue weighted by Gasteiger charge is -2.47. The smallest absolute Gasteiger partial charge is 0.257 e. The number of nitrogens with two attached hydrogens (primary N) is 1. The van der Waals surface area contributed by atoms with Gasteiger partial charge in [-0.3, -0.25) is 4.79 Å². The first-order chi connectivity index (χ1) is 7.95. The molecule has 0 radical (unpaired) electrons. The van der Waals surface area contributed by atoms with E-state index in [0.717, 1.165) is 6.42 Å². The van der Waals surface area contributed by atoms with E-state index in [1.54, 1.807) is 4.90 Å². The zero-order valence-corrected chi connectivity index (χ0v) is 9.68. The van der Waals surface area contributed by atoms with Gasteiger partial charge in [0.15, 0.2) is 0 Å². The van der Waals surface area contributed by atoms with Gasteiger partial charge in [0, 0.05) is 13.1 Å². The van der Waals surface area contributed by atoms with Crippen LogP contribution in [0.25, 0.3) is 0 Å². The van der Waals surface area contributed by atoms with E-state index in [-0.39, 0.29) is 28.5 Å². The summed E-state index contributed by atoms with van der Waals surface area (Å²) in [7, 11) is 0. The number of amides is 1. The van der Waals surface area contributed by atoms with Gasteiger partial charge in [-0.25, -0.2) is 0 Å². The van der Waals surface area contributed by atoms with Crippen molar-refractivity contribution in [2.24, 2.45) is 5.73 Å². The van der Waals surface area contributed by atoms with E-state index >= 15 is 0 Å². The molecule has 5 heteroatoms. The highest BCUT2D eigenvalue weighted by molar-refractivity contribution is 5.97. The minimum absolute atomic E-state index is 0.0406. The minimum Gasteiger partial charge on any atom is -0.508 e. The predicted octanol–water partition coefficient (Wildman–Crippen LogP) is 0.661. The Hall–Kier alpha value is -1.75. The maximum atomic E-state index is 12.0. The van der Waals surface area contributed by atoms with Crippen molar-refractivity contribution in [2.45, 2.75) is 18.9 Å². The zero-order valence-electron chi connectivity index (χ0n) is 9.68. The van der Waals surface area contributed by atoms with E-state index < -0.39 is 0 Å². The maximum absolute atomic E-state index is 12.0. The second-order valence-electron chi connectivity index (χ2n) is 4.58. The second-order valence-corrected chi connectivity index (χ2v) is 4.58. The SMILES string of the molecule is CCC1(N)CN(C(=O)c2cc(O)ccc2O)C1. The molecule has 0 bridgehead atoms. The van der Waals surface area contributed by atoms with Crippen molar-refractivity contribution >= 4 is 5.91 Å². The summed E-state index contributed by atoms with van der Waals surface area (Å²) in [5, 5.41) is 18.9. The van der Waals surface area contributed by atoms with Crippen molar-refractivity contribution in [1.29, 1.82) is 0 Å². The summed E-state index contributed by atoms with van der Waals surface area (Å²) < 4.78 is 0. The number of phenolic OH excluding ortho intramolecular Hbond substituents is 2. The van der Waals surface area contributed by atoms with Crippen LogP contribution in [0.1, 0.15) is 23.7 Å². The summed E-state index contributed by atoms with van der Waals surface area (Å²) in [4.78, 5) is 13.6. The number of hydrogen-bond donors (Lipinski definition) is 3. The van der Waals surface area contributed by atoms with Gasteiger partial charge < -0.3 is 20.8 Å². The first-order valence-corrected chi connectivity index (χ1v) is 5.55. The third-order valence-corrected chi connectivity index (χ3v) is 3.21. The van der Waals surface area contributed by atoms with Crippen LogP contribution in [-0.2, 0) is 0 Å². The maximum Gasteiger partial charge on any atom is 0.257 e. The molecule has 0 aromatic heterocycles. The molecule has 1 fully saturated rings. The molecule has 0 atom stereocenters. The third kappa shape index (κ3) is 2.06. The Kier molecular flexibility index (Phi) is 2.71. The number of phenols is 2. The van der Waals surface area contributed by atoms with Crippen LogP contribution < -0.4 is 5.73 Å². The summed E-state index contributed by atoms with van der Waals surface area (Å²) in [6.45, 7) is 2.95. The van der Waals surface area contributed by atoms with E-state index in [2.05, 4.69) is 0 Å². The Morgan fingerprint density at radius 3 is 2.71 bits per heavy atom. The van der Waals surface area contributed by atoms with E-state index in [0.29, 0.717) is 13.1 Å². The minimum atomic E-state index is -0.303. The lowest BCUT2D eigenvalue weighted by atomic mass is 9.87. The number of nitrogens with zero attached hydrogens (tertiary/aromatic N) is 1. The van der Waals surface area contributed by atoms with Crippen LogP contribution in [0.3, 0.4) is 0 Å². The predicted molar refractivity (Wildman–Crippen MR) is 62.9 cm³/mol. The van der Waals surface area contributed by atoms with Crippen LogP contribution in [0.2, 0.25) is 0 Å². The van der Waals surface area contributed by atoms with Crippen LogP contribution in [0.15, 0.2) is 18.2 Å². The molecule has 1 saturated heterocycles. The summed E-state index contributed by atoms with van der Waals surface area (Å²) in [6.07, 6.45) is 0.808. The molecule has 5 nitrogen and oxygen atoms in total. The fourth-order valence-corrected chi connectivity index (χ4v) is 1.95. The first kappa shape index (κ1) is 11.7. The molecule has 4 N–H and O–H groups in total. The van der Waals surface area contributed by atoms with Crippen LogP contribution in [0.4, 0.5) is 0 Å². The first-order valence-electron chi connectivity index (χ1n) is 5.55. The van der Waals surface area contributed by atoms with Gasteiger partial charge >= 0.3 is 0 Å². The average molecular weight is 236 g/mol. The monoisotopic (exact) mass is 236 g/mol. The Morgan fingerprint density at radius 1 is 1.47 bits per heavy atom. The van der Waals surface area contributed by atoms with Crippen LogP contribution in [0.5, 0.6) is 11.5 Å². The van der Waals surface area contributed by atoms with Gasteiger partial charge in [-0.2, -0.15) is 0 Å². The van der Waals surface area contributed by atoms with Gasteiger partial charge in [0.2, 0.25) is 0 Å². The number of hydrogen-bond acceptors (Lipinski definition) is 4. The fraction of sp³-hybridized carbons (Fsp3) is 0.417. The number of benzene rings is 1. The molecule has 2 rings (SSSR count). The number of aromatic hydroxyl groups is 2. The van der Waals surface area contributed by atoms with Crippen molar-refractivity contribution in [3.05, 3.63) is 23.8 Å². The highest BCUT2D eigenvalue weighted by Gasteiger charge is 2.41. The standard InChI is InChI=1S/C12H16N2O3/c1-2-12(13)6-14(7-12)11(17)9-5-8(15)3-4-10(9)16/h3-5,15-16H,2,6-7,13H2,1H3. The quantitative estimate of drug-likeness (QED) is 0.658. The van der Waals surface area contributed by atoms with Gasteiger partial charge in [-0.1, -0.05) is 6.92 Å². The number of carbonyl (C=O) groups excluding carboxylic acids is 1. The Balaban J connectivity index is 2.14. The molecule has 0 aliphatic carbocycles. The van der Waals surface area contributed by atoms with Crippen LogP contribution in [-0.4, -0.2) is 39.6 Å². The molecule has 17 heavy (non-hydrogen) atoms. The van der Waals surface area contributed by atoms with Gasteiger partial charge in [0.1, 0.15) is 11.5 Å². The molecular weight excluding hydrogens is 220 g/mol. The summed E-state index contributed by atoms with van der Waals surface area (Å²) in [5.41, 5.74) is 5.78. The Morgan fingerprint density at radius 2 is 2.12 bits per heavy atom. The normalized spacial score (nSPS) is 17.6. The van der Waals surface area contributed by atoms with Crippen molar-refractivity contribution in [3.8, 4) is 11.5 Å². The van der Waals surface area contributed by atoms with Crippen molar-refractivity contribution in [3.63, 3.8) is 0 Å². The topological polar surface area (TPSA) is 86.8 Å². The molecule has 1 aliphatic rings. The molecular formula is C12H16N2O3. The van der Waals surface area contributed by atoms with E-state index in [1.807, 2.05) is 6.92 Å². The molecule has 0 spiro atoms. The molecule has 1 aliphatic heterocycles. The van der Waals surface area contributed by atoms with Crippen LogP contribution >= 0.6 is 0 Å².